The van der Waals surface area contributed by atoms with E-state index in [0.29, 0.717) is 6.42 Å². The fourth-order valence-corrected chi connectivity index (χ4v) is 4.75. The van der Waals surface area contributed by atoms with Crippen LogP contribution in [0.1, 0.15) is 12.8 Å². The number of benzene rings is 2. The van der Waals surface area contributed by atoms with E-state index in [2.05, 4.69) is 5.32 Å². The van der Waals surface area contributed by atoms with Gasteiger partial charge in [-0.15, -0.1) is 0 Å². The van der Waals surface area contributed by atoms with E-state index in [1.165, 1.54) is 0 Å². The van der Waals surface area contributed by atoms with Crippen LogP contribution in [0.2, 0.25) is 0 Å². The van der Waals surface area contributed by atoms with Gasteiger partial charge in [-0.3, -0.25) is 4.79 Å². The minimum absolute atomic E-state index is 0.0522. The smallest absolute Gasteiger partial charge is 0.224 e. The quantitative estimate of drug-likeness (QED) is 0.937. The Morgan fingerprint density at radius 2 is 1.65 bits per heavy atom. The normalized spacial score (nSPS) is 19.4. The van der Waals surface area contributed by atoms with Gasteiger partial charge < -0.3 is 5.32 Å². The maximum absolute atomic E-state index is 12.0. The van der Waals surface area contributed by atoms with E-state index in [1.54, 1.807) is 0 Å². The fraction of sp³-hybridized carbons (Fsp3) is 0.278. The van der Waals surface area contributed by atoms with Crippen LogP contribution in [0.5, 0.6) is 0 Å². The van der Waals surface area contributed by atoms with Crippen molar-refractivity contribution in [1.82, 2.24) is 0 Å². The summed E-state index contributed by atoms with van der Waals surface area (Å²) in [5.41, 5.74) is 2.95. The summed E-state index contributed by atoms with van der Waals surface area (Å²) in [5.74, 6) is 0.160. The molecule has 2 aromatic rings. The molecule has 0 aliphatic carbocycles. The molecule has 4 nitrogen and oxygen atoms in total. The number of rotatable bonds is 4. The van der Waals surface area contributed by atoms with E-state index in [-0.39, 0.29) is 29.8 Å². The Morgan fingerprint density at radius 3 is 2.26 bits per heavy atom. The van der Waals surface area contributed by atoms with Crippen LogP contribution in [-0.2, 0) is 14.6 Å². The Bertz CT molecular complexity index is 783. The molecular formula is C18H19NO3S. The lowest BCUT2D eigenvalue weighted by Gasteiger charge is -2.09. The number of carbonyl (C=O) groups excluding carboxylic acids is 1. The second kappa shape index (κ2) is 6.54. The molecule has 0 spiro atoms. The second-order valence-electron chi connectivity index (χ2n) is 5.96. The summed E-state index contributed by atoms with van der Waals surface area (Å²) < 4.78 is 22.8. The highest BCUT2D eigenvalue weighted by molar-refractivity contribution is 7.91. The molecule has 1 aliphatic rings. The van der Waals surface area contributed by atoms with Crippen LogP contribution in [0.25, 0.3) is 11.1 Å². The molecule has 0 unspecified atom stereocenters. The van der Waals surface area contributed by atoms with Crippen molar-refractivity contribution < 1.29 is 13.2 Å². The summed E-state index contributed by atoms with van der Waals surface area (Å²) in [6, 6.07) is 17.7. The minimum Gasteiger partial charge on any atom is -0.326 e. The molecule has 0 bridgehead atoms. The summed E-state index contributed by atoms with van der Waals surface area (Å²) in [7, 11) is -2.93. The van der Waals surface area contributed by atoms with Crippen molar-refractivity contribution in [3.05, 3.63) is 54.6 Å². The standard InChI is InChI=1S/C18H19NO3S/c20-18(12-14-10-11-23(21,22)13-14)19-17-8-6-16(7-9-17)15-4-2-1-3-5-15/h1-9,14H,10-13H2,(H,19,20)/t14-/m0/s1. The van der Waals surface area contributed by atoms with Crippen LogP contribution in [0.4, 0.5) is 5.69 Å². The van der Waals surface area contributed by atoms with E-state index < -0.39 is 9.84 Å². The second-order valence-corrected chi connectivity index (χ2v) is 8.19. The Kier molecular flexibility index (Phi) is 4.48. The third kappa shape index (κ3) is 4.20. The van der Waals surface area contributed by atoms with Gasteiger partial charge in [0.25, 0.3) is 0 Å². The van der Waals surface area contributed by atoms with Gasteiger partial charge in [0.1, 0.15) is 0 Å². The number of anilines is 1. The van der Waals surface area contributed by atoms with E-state index in [4.69, 9.17) is 0 Å². The number of hydrogen-bond acceptors (Lipinski definition) is 3. The van der Waals surface area contributed by atoms with Crippen LogP contribution in [0.3, 0.4) is 0 Å². The molecule has 2 aromatic carbocycles. The number of amides is 1. The molecule has 1 heterocycles. The Morgan fingerprint density at radius 1 is 1.00 bits per heavy atom. The number of nitrogens with one attached hydrogen (secondary N) is 1. The van der Waals surface area contributed by atoms with Crippen LogP contribution in [0.15, 0.2) is 54.6 Å². The zero-order valence-corrected chi connectivity index (χ0v) is 13.6. The molecule has 120 valence electrons. The van der Waals surface area contributed by atoms with Crippen molar-refractivity contribution in [2.45, 2.75) is 12.8 Å². The van der Waals surface area contributed by atoms with Gasteiger partial charge in [-0.1, -0.05) is 42.5 Å². The highest BCUT2D eigenvalue weighted by Gasteiger charge is 2.29. The molecule has 0 aromatic heterocycles. The van der Waals surface area contributed by atoms with Crippen LogP contribution in [-0.4, -0.2) is 25.8 Å². The number of carbonyl (C=O) groups is 1. The van der Waals surface area contributed by atoms with E-state index in [1.807, 2.05) is 54.6 Å². The summed E-state index contributed by atoms with van der Waals surface area (Å²) in [4.78, 5) is 12.0. The number of sulfone groups is 1. The summed E-state index contributed by atoms with van der Waals surface area (Å²) in [6.45, 7) is 0. The van der Waals surface area contributed by atoms with Crippen molar-refractivity contribution in [3.8, 4) is 11.1 Å². The Labute approximate surface area is 136 Å². The van der Waals surface area contributed by atoms with Gasteiger partial charge >= 0.3 is 0 Å². The van der Waals surface area contributed by atoms with Crippen molar-refractivity contribution in [3.63, 3.8) is 0 Å². The van der Waals surface area contributed by atoms with Gasteiger partial charge in [-0.2, -0.15) is 0 Å². The molecule has 5 heteroatoms. The van der Waals surface area contributed by atoms with Crippen molar-refractivity contribution in [2.75, 3.05) is 16.8 Å². The first-order valence-electron chi connectivity index (χ1n) is 7.68. The average Bonchev–Trinajstić information content (AvgIpc) is 2.87. The van der Waals surface area contributed by atoms with Crippen LogP contribution >= 0.6 is 0 Å². The molecule has 1 N–H and O–H groups in total. The molecule has 0 radical (unpaired) electrons. The first-order chi connectivity index (χ1) is 11.0. The summed E-state index contributed by atoms with van der Waals surface area (Å²) in [5, 5.41) is 2.84. The van der Waals surface area contributed by atoms with Gasteiger partial charge in [-0.05, 0) is 35.6 Å². The lowest BCUT2D eigenvalue weighted by Crippen LogP contribution is -2.17. The van der Waals surface area contributed by atoms with Gasteiger partial charge in [-0.25, -0.2) is 8.42 Å². The zero-order chi connectivity index (χ0) is 16.3. The maximum atomic E-state index is 12.0. The SMILES string of the molecule is O=C(C[C@@H]1CCS(=O)(=O)C1)Nc1ccc(-c2ccccc2)cc1. The first-order valence-corrected chi connectivity index (χ1v) is 9.50. The average molecular weight is 329 g/mol. The topological polar surface area (TPSA) is 63.2 Å². The van der Waals surface area contributed by atoms with Gasteiger partial charge in [0, 0.05) is 12.1 Å². The third-order valence-electron chi connectivity index (χ3n) is 4.08. The van der Waals surface area contributed by atoms with E-state index in [9.17, 15) is 13.2 Å². The third-order valence-corrected chi connectivity index (χ3v) is 5.91. The molecule has 23 heavy (non-hydrogen) atoms. The fourth-order valence-electron chi connectivity index (χ4n) is 2.88. The molecule has 1 amide bonds. The largest absolute Gasteiger partial charge is 0.326 e. The van der Waals surface area contributed by atoms with Crippen LogP contribution < -0.4 is 5.32 Å². The molecule has 1 atom stereocenters. The number of hydrogen-bond donors (Lipinski definition) is 1. The predicted octanol–water partition coefficient (Wildman–Crippen LogP) is 3.12. The highest BCUT2D eigenvalue weighted by atomic mass is 32.2. The van der Waals surface area contributed by atoms with Gasteiger partial charge in [0.15, 0.2) is 9.84 Å². The Balaban J connectivity index is 1.59. The Hall–Kier alpha value is -2.14. The van der Waals surface area contributed by atoms with Crippen LogP contribution in [0, 0.1) is 5.92 Å². The molecule has 1 saturated heterocycles. The van der Waals surface area contributed by atoms with Gasteiger partial charge in [0.2, 0.25) is 5.91 Å². The van der Waals surface area contributed by atoms with Crippen molar-refractivity contribution in [2.24, 2.45) is 5.92 Å². The highest BCUT2D eigenvalue weighted by Crippen LogP contribution is 2.23. The monoisotopic (exact) mass is 329 g/mol. The lowest BCUT2D eigenvalue weighted by molar-refractivity contribution is -0.116. The van der Waals surface area contributed by atoms with Crippen molar-refractivity contribution in [1.29, 1.82) is 0 Å². The molecule has 1 aliphatic heterocycles. The lowest BCUT2D eigenvalue weighted by atomic mass is 10.0. The van der Waals surface area contributed by atoms with E-state index >= 15 is 0 Å². The van der Waals surface area contributed by atoms with Gasteiger partial charge in [0.05, 0.1) is 11.5 Å². The maximum Gasteiger partial charge on any atom is 0.224 e. The van der Waals surface area contributed by atoms with Crippen molar-refractivity contribution >= 4 is 21.4 Å². The molecule has 0 saturated carbocycles. The predicted molar refractivity (Wildman–Crippen MR) is 91.9 cm³/mol. The molecule has 3 rings (SSSR count). The minimum atomic E-state index is -2.93. The molecule has 1 fully saturated rings. The first kappa shape index (κ1) is 15.7. The molecular weight excluding hydrogens is 310 g/mol. The zero-order valence-electron chi connectivity index (χ0n) is 12.7. The summed E-state index contributed by atoms with van der Waals surface area (Å²) in [6.07, 6.45) is 0.850. The summed E-state index contributed by atoms with van der Waals surface area (Å²) >= 11 is 0. The van der Waals surface area contributed by atoms with E-state index in [0.717, 1.165) is 16.8 Å².